The van der Waals surface area contributed by atoms with E-state index in [1.165, 1.54) is 70.6 Å². The average Bonchev–Trinajstić information content (AvgIpc) is 2.46. The summed E-state index contributed by atoms with van der Waals surface area (Å²) in [5.41, 5.74) is 0. The van der Waals surface area contributed by atoms with Crippen molar-refractivity contribution in [1.29, 1.82) is 0 Å². The third-order valence-corrected chi connectivity index (χ3v) is 5.92. The molecule has 0 rings (SSSR count). The number of hydrogen-bond acceptors (Lipinski definition) is 2. The quantitative estimate of drug-likeness (QED) is 0.262. The zero-order chi connectivity index (χ0) is 16.7. The first kappa shape index (κ1) is 26.1. The van der Waals surface area contributed by atoms with Crippen molar-refractivity contribution in [3.8, 4) is 0 Å². The predicted octanol–water partition coefficient (Wildman–Crippen LogP) is 3.25. The largest absolute Gasteiger partial charge is 1.00 e. The van der Waals surface area contributed by atoms with E-state index in [1.807, 2.05) is 6.92 Å². The van der Waals surface area contributed by atoms with E-state index >= 15 is 0 Å². The van der Waals surface area contributed by atoms with Gasteiger partial charge in [-0.2, -0.15) is 8.42 Å². The van der Waals surface area contributed by atoms with Gasteiger partial charge in [0.05, 0.1) is 5.25 Å². The van der Waals surface area contributed by atoms with Crippen molar-refractivity contribution in [3.05, 3.63) is 0 Å². The van der Waals surface area contributed by atoms with Crippen molar-refractivity contribution in [2.75, 3.05) is 0 Å². The van der Waals surface area contributed by atoms with Gasteiger partial charge in [-0.15, -0.1) is 0 Å². The first-order valence-corrected chi connectivity index (χ1v) is 11.0. The van der Waals surface area contributed by atoms with Gasteiger partial charge < -0.3 is 1.43 Å². The van der Waals surface area contributed by atoms with Crippen molar-refractivity contribution in [3.63, 3.8) is 0 Å². The molecular formula is C18H39NaO3S. The van der Waals surface area contributed by atoms with Gasteiger partial charge in [-0.25, -0.2) is 0 Å². The zero-order valence-corrected chi connectivity index (χ0v) is 18.7. The summed E-state index contributed by atoms with van der Waals surface area (Å²) in [7, 11) is -3.83. The van der Waals surface area contributed by atoms with Gasteiger partial charge in [-0.05, 0) is 12.8 Å². The third kappa shape index (κ3) is 17.5. The predicted molar refractivity (Wildman–Crippen MR) is 97.1 cm³/mol. The molecule has 0 aliphatic heterocycles. The monoisotopic (exact) mass is 358 g/mol. The van der Waals surface area contributed by atoms with E-state index in [4.69, 9.17) is 4.55 Å². The first-order valence-electron chi connectivity index (χ1n) is 9.48. The summed E-state index contributed by atoms with van der Waals surface area (Å²) in [5.74, 6) is 0. The van der Waals surface area contributed by atoms with Crippen LogP contribution in [0.25, 0.3) is 0 Å². The van der Waals surface area contributed by atoms with Gasteiger partial charge in [0.25, 0.3) is 10.1 Å². The molecule has 0 amide bonds. The summed E-state index contributed by atoms with van der Waals surface area (Å²) in [6.07, 6.45) is 17.9. The molecule has 0 radical (unpaired) electrons. The molecule has 0 saturated heterocycles. The van der Waals surface area contributed by atoms with Gasteiger partial charge in [-0.1, -0.05) is 97.3 Å². The topological polar surface area (TPSA) is 54.4 Å². The Morgan fingerprint density at radius 2 is 1.09 bits per heavy atom. The third-order valence-electron chi connectivity index (χ3n) is 4.51. The fourth-order valence-electron chi connectivity index (χ4n) is 2.95. The maximum Gasteiger partial charge on any atom is 1.00 e. The Morgan fingerprint density at radius 1 is 0.739 bits per heavy atom. The molecule has 136 valence electrons. The minimum absolute atomic E-state index is 0. The average molecular weight is 359 g/mol. The van der Waals surface area contributed by atoms with Crippen LogP contribution < -0.4 is 29.6 Å². The minimum atomic E-state index is -3.83. The molecule has 3 nitrogen and oxygen atoms in total. The summed E-state index contributed by atoms with van der Waals surface area (Å²) in [5, 5.41) is -0.555. The molecule has 0 saturated carbocycles. The van der Waals surface area contributed by atoms with E-state index < -0.39 is 15.4 Å². The molecule has 0 aromatic rings. The molecule has 0 aliphatic carbocycles. The number of hydrogen-bond donors (Lipinski definition) is 1. The standard InChI is InChI=1S/C18H38O3S.Na.H/c1-3-5-6-7-8-9-10-11-12-13-14-15-16-17-18(4-2)22(19,20)21;;/h18H,3-17H2,1-2H3,(H,19,20,21);;/q;+1;-1. The maximum absolute atomic E-state index is 11.1. The van der Waals surface area contributed by atoms with Gasteiger partial charge in [0.15, 0.2) is 0 Å². The van der Waals surface area contributed by atoms with E-state index in [0.717, 1.165) is 12.8 Å². The van der Waals surface area contributed by atoms with Crippen LogP contribution in [0.4, 0.5) is 0 Å². The fourth-order valence-corrected chi connectivity index (χ4v) is 3.84. The molecule has 0 bridgehead atoms. The van der Waals surface area contributed by atoms with Gasteiger partial charge >= 0.3 is 29.6 Å². The second-order valence-corrected chi connectivity index (χ2v) is 8.27. The summed E-state index contributed by atoms with van der Waals surface area (Å²) in [6, 6.07) is 0. The Kier molecular flexibility index (Phi) is 20.1. The molecule has 5 heteroatoms. The minimum Gasteiger partial charge on any atom is -1.00 e. The van der Waals surface area contributed by atoms with Crippen LogP contribution >= 0.6 is 0 Å². The zero-order valence-electron chi connectivity index (χ0n) is 16.9. The van der Waals surface area contributed by atoms with Gasteiger partial charge in [0, 0.05) is 0 Å². The molecule has 0 spiro atoms. The van der Waals surface area contributed by atoms with Crippen molar-refractivity contribution < 1.29 is 44.0 Å². The smallest absolute Gasteiger partial charge is 1.00 e. The Balaban J connectivity index is -0.00000220. The number of unbranched alkanes of at least 4 members (excludes halogenated alkanes) is 12. The van der Waals surface area contributed by atoms with E-state index in [2.05, 4.69) is 6.92 Å². The van der Waals surface area contributed by atoms with Gasteiger partial charge in [-0.3, -0.25) is 4.55 Å². The molecule has 0 fully saturated rings. The van der Waals surface area contributed by atoms with Crippen molar-refractivity contribution in [1.82, 2.24) is 0 Å². The Labute approximate surface area is 168 Å². The Morgan fingerprint density at radius 3 is 1.39 bits per heavy atom. The fraction of sp³-hybridized carbons (Fsp3) is 1.00. The summed E-state index contributed by atoms with van der Waals surface area (Å²) in [6.45, 7) is 4.08. The van der Waals surface area contributed by atoms with Crippen LogP contribution in [0.1, 0.15) is 112 Å². The molecular weight excluding hydrogens is 319 g/mol. The van der Waals surface area contributed by atoms with Gasteiger partial charge in [0.1, 0.15) is 0 Å². The summed E-state index contributed by atoms with van der Waals surface area (Å²) in [4.78, 5) is 0. The molecule has 1 unspecified atom stereocenters. The van der Waals surface area contributed by atoms with Crippen LogP contribution in [0.2, 0.25) is 0 Å². The Hall–Kier alpha value is 0.910. The molecule has 0 aliphatic rings. The molecule has 1 atom stereocenters. The van der Waals surface area contributed by atoms with E-state index in [1.54, 1.807) is 0 Å². The summed E-state index contributed by atoms with van der Waals surface area (Å²) >= 11 is 0. The van der Waals surface area contributed by atoms with Gasteiger partial charge in [0.2, 0.25) is 0 Å². The molecule has 1 N–H and O–H groups in total. The van der Waals surface area contributed by atoms with Crippen LogP contribution in [0.5, 0.6) is 0 Å². The van der Waals surface area contributed by atoms with E-state index in [0.29, 0.717) is 12.8 Å². The van der Waals surface area contributed by atoms with E-state index in [-0.39, 0.29) is 31.0 Å². The van der Waals surface area contributed by atoms with E-state index in [9.17, 15) is 8.42 Å². The van der Waals surface area contributed by atoms with Crippen molar-refractivity contribution in [2.24, 2.45) is 0 Å². The number of rotatable bonds is 16. The normalized spacial score (nSPS) is 12.8. The maximum atomic E-state index is 11.1. The summed E-state index contributed by atoms with van der Waals surface area (Å²) < 4.78 is 31.2. The van der Waals surface area contributed by atoms with Crippen molar-refractivity contribution in [2.45, 2.75) is 115 Å². The molecule has 23 heavy (non-hydrogen) atoms. The Bertz CT molecular complexity index is 337. The molecule has 0 aromatic heterocycles. The van der Waals surface area contributed by atoms with Crippen LogP contribution in [-0.4, -0.2) is 18.2 Å². The van der Waals surface area contributed by atoms with Crippen LogP contribution in [0.15, 0.2) is 0 Å². The first-order chi connectivity index (χ1) is 10.5. The molecule has 0 aromatic carbocycles. The molecule has 0 heterocycles. The second kappa shape index (κ2) is 17.7. The van der Waals surface area contributed by atoms with Crippen molar-refractivity contribution >= 4 is 10.1 Å². The van der Waals surface area contributed by atoms with Crippen LogP contribution in [0, 0.1) is 0 Å². The van der Waals surface area contributed by atoms with Crippen LogP contribution in [-0.2, 0) is 10.1 Å². The SMILES string of the molecule is CCCCCCCCCCCCCCCC(CC)S(=O)(=O)O.[H-].[Na+]. The van der Waals surface area contributed by atoms with Crippen LogP contribution in [0.3, 0.4) is 0 Å². The second-order valence-electron chi connectivity index (χ2n) is 6.58.